The first-order valence-electron chi connectivity index (χ1n) is 4.21. The van der Waals surface area contributed by atoms with Crippen LogP contribution in [0.3, 0.4) is 0 Å². The molecule has 0 atom stereocenters. The van der Waals surface area contributed by atoms with Gasteiger partial charge in [-0.15, -0.1) is 0 Å². The predicted octanol–water partition coefficient (Wildman–Crippen LogP) is 1.44. The third kappa shape index (κ3) is 6.66. The molecule has 0 heterocycles. The summed E-state index contributed by atoms with van der Waals surface area (Å²) in [6.45, 7) is 4.84. The highest BCUT2D eigenvalue weighted by Gasteiger charge is 2.02. The largest absolute Gasteiger partial charge is 0.460 e. The van der Waals surface area contributed by atoms with E-state index in [9.17, 15) is 4.79 Å². The van der Waals surface area contributed by atoms with Crippen molar-refractivity contribution in [3.8, 4) is 0 Å². The molecule has 0 aliphatic rings. The number of carbonyl (C=O) groups excluding carboxylic acids is 1. The molecule has 0 unspecified atom stereocenters. The second kappa shape index (κ2) is 8.13. The van der Waals surface area contributed by atoms with Gasteiger partial charge in [0.15, 0.2) is 0 Å². The monoisotopic (exact) mass is 204 g/mol. The van der Waals surface area contributed by atoms with Gasteiger partial charge >= 0.3 is 5.97 Å². The maximum absolute atomic E-state index is 11.0. The van der Waals surface area contributed by atoms with Crippen LogP contribution in [0.4, 0.5) is 0 Å². The summed E-state index contributed by atoms with van der Waals surface area (Å²) in [5.41, 5.74) is 0.620. The van der Waals surface area contributed by atoms with E-state index < -0.39 is 0 Å². The summed E-state index contributed by atoms with van der Waals surface area (Å²) in [6.07, 6.45) is 1.72. The molecule has 0 aliphatic heterocycles. The topological polar surface area (TPSA) is 35.5 Å². The van der Waals surface area contributed by atoms with Gasteiger partial charge in [0.25, 0.3) is 0 Å². The van der Waals surface area contributed by atoms with Crippen LogP contribution in [0.25, 0.3) is 0 Å². The van der Waals surface area contributed by atoms with Gasteiger partial charge in [-0.2, -0.15) is 12.6 Å². The molecular formula is C9H16O3S. The Morgan fingerprint density at radius 2 is 2.08 bits per heavy atom. The average molecular weight is 204 g/mol. The Morgan fingerprint density at radius 3 is 2.62 bits per heavy atom. The second-order valence-electron chi connectivity index (χ2n) is 2.44. The number of thiol groups is 1. The van der Waals surface area contributed by atoms with Crippen LogP contribution in [0.1, 0.15) is 13.8 Å². The number of hydrogen-bond donors (Lipinski definition) is 1. The Balaban J connectivity index is 3.38. The predicted molar refractivity (Wildman–Crippen MR) is 55.1 cm³/mol. The van der Waals surface area contributed by atoms with Gasteiger partial charge < -0.3 is 9.47 Å². The molecule has 76 valence electrons. The van der Waals surface area contributed by atoms with Gasteiger partial charge in [-0.3, -0.25) is 0 Å². The average Bonchev–Trinajstić information content (AvgIpc) is 2.16. The van der Waals surface area contributed by atoms with E-state index in [1.54, 1.807) is 19.9 Å². The first-order chi connectivity index (χ1) is 6.22. The highest BCUT2D eigenvalue weighted by Crippen LogP contribution is 1.95. The van der Waals surface area contributed by atoms with Crippen molar-refractivity contribution in [2.45, 2.75) is 13.8 Å². The van der Waals surface area contributed by atoms with Crippen molar-refractivity contribution in [3.63, 3.8) is 0 Å². The van der Waals surface area contributed by atoms with Crippen LogP contribution >= 0.6 is 12.6 Å². The van der Waals surface area contributed by atoms with E-state index in [4.69, 9.17) is 9.47 Å². The zero-order valence-corrected chi connectivity index (χ0v) is 8.97. The molecule has 0 saturated heterocycles. The number of esters is 1. The summed E-state index contributed by atoms with van der Waals surface area (Å²) in [4.78, 5) is 11.0. The molecule has 0 spiro atoms. The highest BCUT2D eigenvalue weighted by atomic mass is 32.1. The zero-order valence-electron chi connectivity index (χ0n) is 8.08. The summed E-state index contributed by atoms with van der Waals surface area (Å²) in [5, 5.41) is 0. The molecule has 0 fully saturated rings. The van der Waals surface area contributed by atoms with Gasteiger partial charge in [-0.1, -0.05) is 6.08 Å². The van der Waals surface area contributed by atoms with Crippen molar-refractivity contribution in [1.29, 1.82) is 0 Å². The van der Waals surface area contributed by atoms with E-state index in [1.807, 2.05) is 0 Å². The van der Waals surface area contributed by atoms with Crippen LogP contribution in [0.2, 0.25) is 0 Å². The van der Waals surface area contributed by atoms with Gasteiger partial charge in [-0.25, -0.2) is 4.79 Å². The standard InChI is InChI=1S/C9H16O3S/c1-3-8(2)9(10)12-5-4-11-6-7-13/h3,13H,4-7H2,1-2H3. The normalized spacial score (nSPS) is 11.5. The van der Waals surface area contributed by atoms with Crippen LogP contribution in [0, 0.1) is 0 Å². The maximum Gasteiger partial charge on any atom is 0.333 e. The van der Waals surface area contributed by atoms with Crippen molar-refractivity contribution in [2.24, 2.45) is 0 Å². The number of ether oxygens (including phenoxy) is 2. The lowest BCUT2D eigenvalue weighted by Crippen LogP contribution is -2.11. The minimum atomic E-state index is -0.281. The minimum absolute atomic E-state index is 0.281. The molecule has 0 bridgehead atoms. The van der Waals surface area contributed by atoms with E-state index in [0.717, 1.165) is 0 Å². The summed E-state index contributed by atoms with van der Waals surface area (Å²) < 4.78 is 9.96. The van der Waals surface area contributed by atoms with Crippen LogP contribution in [-0.4, -0.2) is 31.5 Å². The SMILES string of the molecule is CC=C(C)C(=O)OCCOCCS. The fraction of sp³-hybridized carbons (Fsp3) is 0.667. The van der Waals surface area contributed by atoms with E-state index >= 15 is 0 Å². The molecule has 4 heteroatoms. The van der Waals surface area contributed by atoms with Crippen molar-refractivity contribution in [3.05, 3.63) is 11.6 Å². The smallest absolute Gasteiger partial charge is 0.333 e. The van der Waals surface area contributed by atoms with Gasteiger partial charge in [0, 0.05) is 11.3 Å². The quantitative estimate of drug-likeness (QED) is 0.308. The Morgan fingerprint density at radius 1 is 1.38 bits per heavy atom. The van der Waals surface area contributed by atoms with Gasteiger partial charge in [-0.05, 0) is 13.8 Å². The summed E-state index contributed by atoms with van der Waals surface area (Å²) in [7, 11) is 0. The van der Waals surface area contributed by atoms with Crippen molar-refractivity contribution < 1.29 is 14.3 Å². The molecule has 0 aromatic carbocycles. The van der Waals surface area contributed by atoms with Crippen molar-refractivity contribution >= 4 is 18.6 Å². The molecule has 3 nitrogen and oxygen atoms in total. The molecule has 0 amide bonds. The molecule has 0 aromatic heterocycles. The minimum Gasteiger partial charge on any atom is -0.460 e. The van der Waals surface area contributed by atoms with E-state index in [1.165, 1.54) is 0 Å². The lowest BCUT2D eigenvalue weighted by molar-refractivity contribution is -0.140. The zero-order chi connectivity index (χ0) is 10.1. The first-order valence-corrected chi connectivity index (χ1v) is 4.84. The lowest BCUT2D eigenvalue weighted by Gasteiger charge is -2.04. The number of allylic oxidation sites excluding steroid dienone is 1. The summed E-state index contributed by atoms with van der Waals surface area (Å²) >= 11 is 3.97. The van der Waals surface area contributed by atoms with Crippen molar-refractivity contribution in [2.75, 3.05) is 25.6 Å². The van der Waals surface area contributed by atoms with Gasteiger partial charge in [0.1, 0.15) is 6.61 Å². The van der Waals surface area contributed by atoms with E-state index in [-0.39, 0.29) is 5.97 Å². The van der Waals surface area contributed by atoms with Gasteiger partial charge in [0.05, 0.1) is 13.2 Å². The van der Waals surface area contributed by atoms with Crippen LogP contribution in [-0.2, 0) is 14.3 Å². The Labute approximate surface area is 84.5 Å². The summed E-state index contributed by atoms with van der Waals surface area (Å²) in [5.74, 6) is 0.402. The fourth-order valence-electron chi connectivity index (χ4n) is 0.592. The Bertz CT molecular complexity index is 178. The Kier molecular flexibility index (Phi) is 7.83. The first kappa shape index (κ1) is 12.5. The summed E-state index contributed by atoms with van der Waals surface area (Å²) in [6, 6.07) is 0. The third-order valence-corrected chi connectivity index (χ3v) is 1.63. The van der Waals surface area contributed by atoms with Crippen LogP contribution < -0.4 is 0 Å². The molecule has 0 saturated carbocycles. The number of rotatable bonds is 6. The third-order valence-electron chi connectivity index (χ3n) is 1.45. The number of carbonyl (C=O) groups is 1. The van der Waals surface area contributed by atoms with E-state index in [0.29, 0.717) is 31.1 Å². The van der Waals surface area contributed by atoms with Crippen LogP contribution in [0.5, 0.6) is 0 Å². The second-order valence-corrected chi connectivity index (χ2v) is 2.89. The molecule has 0 aliphatic carbocycles. The maximum atomic E-state index is 11.0. The van der Waals surface area contributed by atoms with Crippen molar-refractivity contribution in [1.82, 2.24) is 0 Å². The molecule has 0 radical (unpaired) electrons. The molecular weight excluding hydrogens is 188 g/mol. The molecule has 13 heavy (non-hydrogen) atoms. The molecule has 0 N–H and O–H groups in total. The van der Waals surface area contributed by atoms with Gasteiger partial charge in [0.2, 0.25) is 0 Å². The molecule has 0 rings (SSSR count). The fourth-order valence-corrected chi connectivity index (χ4v) is 0.721. The highest BCUT2D eigenvalue weighted by molar-refractivity contribution is 7.80. The lowest BCUT2D eigenvalue weighted by atomic mass is 10.3. The van der Waals surface area contributed by atoms with E-state index in [2.05, 4.69) is 12.6 Å². The number of hydrogen-bond acceptors (Lipinski definition) is 4. The Hall–Kier alpha value is -0.480. The molecule has 0 aromatic rings. The van der Waals surface area contributed by atoms with Crippen LogP contribution in [0.15, 0.2) is 11.6 Å².